The number of hydrogen-bond donors (Lipinski definition) is 1. The molecule has 23 heavy (non-hydrogen) atoms. The zero-order valence-electron chi connectivity index (χ0n) is 16.0. The lowest BCUT2D eigenvalue weighted by molar-refractivity contribution is 0.283. The molecule has 0 saturated carbocycles. The molecule has 0 aromatic heterocycles. The van der Waals surface area contributed by atoms with E-state index in [1.54, 1.807) is 7.11 Å². The fourth-order valence-corrected chi connectivity index (χ4v) is 4.15. The Kier molecular flexibility index (Phi) is 5.78. The van der Waals surface area contributed by atoms with Crippen molar-refractivity contribution in [1.29, 1.82) is 0 Å². The summed E-state index contributed by atoms with van der Waals surface area (Å²) in [5.74, 6) is 1.03. The maximum absolute atomic E-state index is 5.63. The molecule has 1 atom stereocenters. The first-order valence-electron chi connectivity index (χ1n) is 9.12. The van der Waals surface area contributed by atoms with E-state index in [4.69, 9.17) is 4.74 Å². The van der Waals surface area contributed by atoms with Crippen LogP contribution >= 0.6 is 0 Å². The van der Waals surface area contributed by atoms with Crippen molar-refractivity contribution in [2.24, 2.45) is 5.41 Å². The second-order valence-corrected chi connectivity index (χ2v) is 9.00. The van der Waals surface area contributed by atoms with Gasteiger partial charge in [0.1, 0.15) is 5.75 Å². The van der Waals surface area contributed by atoms with E-state index in [-0.39, 0.29) is 5.41 Å². The molecular formula is C21H35NO. The van der Waals surface area contributed by atoms with Crippen LogP contribution in [0.25, 0.3) is 0 Å². The van der Waals surface area contributed by atoms with Gasteiger partial charge in [0, 0.05) is 6.04 Å². The topological polar surface area (TPSA) is 21.3 Å². The SMILES string of the molecule is COc1ccc(C(C)(C)CC(C)(C)C)cc1CC1CCCCN1. The van der Waals surface area contributed by atoms with E-state index in [1.165, 1.54) is 36.8 Å². The first-order valence-corrected chi connectivity index (χ1v) is 9.12. The van der Waals surface area contributed by atoms with Crippen molar-refractivity contribution in [3.63, 3.8) is 0 Å². The molecule has 0 bridgehead atoms. The van der Waals surface area contributed by atoms with Gasteiger partial charge in [-0.25, -0.2) is 0 Å². The highest BCUT2D eigenvalue weighted by Crippen LogP contribution is 2.38. The molecule has 1 fully saturated rings. The molecule has 1 aromatic rings. The van der Waals surface area contributed by atoms with Crippen LogP contribution < -0.4 is 10.1 Å². The van der Waals surface area contributed by atoms with Crippen LogP contribution in [0.3, 0.4) is 0 Å². The van der Waals surface area contributed by atoms with E-state index in [1.807, 2.05) is 0 Å². The molecular weight excluding hydrogens is 282 g/mol. The Morgan fingerprint density at radius 2 is 1.87 bits per heavy atom. The van der Waals surface area contributed by atoms with Gasteiger partial charge < -0.3 is 10.1 Å². The Hall–Kier alpha value is -1.02. The number of methoxy groups -OCH3 is 1. The molecule has 0 amide bonds. The third-order valence-electron chi connectivity index (χ3n) is 4.91. The zero-order valence-corrected chi connectivity index (χ0v) is 16.0. The van der Waals surface area contributed by atoms with E-state index < -0.39 is 0 Å². The number of hydrogen-bond acceptors (Lipinski definition) is 2. The third-order valence-corrected chi connectivity index (χ3v) is 4.91. The summed E-state index contributed by atoms with van der Waals surface area (Å²) in [6, 6.07) is 7.40. The molecule has 2 heteroatoms. The predicted octanol–water partition coefficient (Wildman–Crippen LogP) is 5.09. The third kappa shape index (κ3) is 5.24. The average Bonchev–Trinajstić information content (AvgIpc) is 2.46. The van der Waals surface area contributed by atoms with Crippen molar-refractivity contribution in [3.05, 3.63) is 29.3 Å². The van der Waals surface area contributed by atoms with Gasteiger partial charge in [0.15, 0.2) is 0 Å². The Morgan fingerprint density at radius 3 is 2.43 bits per heavy atom. The minimum Gasteiger partial charge on any atom is -0.496 e. The highest BCUT2D eigenvalue weighted by Gasteiger charge is 2.28. The molecule has 1 aliphatic heterocycles. The molecule has 2 rings (SSSR count). The smallest absolute Gasteiger partial charge is 0.122 e. The average molecular weight is 318 g/mol. The van der Waals surface area contributed by atoms with E-state index in [0.717, 1.165) is 18.7 Å². The highest BCUT2D eigenvalue weighted by molar-refractivity contribution is 5.40. The van der Waals surface area contributed by atoms with Crippen LogP contribution in [0.5, 0.6) is 5.75 Å². The van der Waals surface area contributed by atoms with Gasteiger partial charge in [-0.2, -0.15) is 0 Å². The summed E-state index contributed by atoms with van der Waals surface area (Å²) in [4.78, 5) is 0. The van der Waals surface area contributed by atoms with E-state index in [0.29, 0.717) is 11.5 Å². The normalized spacial score (nSPS) is 19.7. The molecule has 1 aromatic carbocycles. The Morgan fingerprint density at radius 1 is 1.13 bits per heavy atom. The second-order valence-electron chi connectivity index (χ2n) is 9.00. The van der Waals surface area contributed by atoms with Gasteiger partial charge in [-0.1, -0.05) is 53.2 Å². The van der Waals surface area contributed by atoms with E-state index in [9.17, 15) is 0 Å². The minimum atomic E-state index is 0.180. The van der Waals surface area contributed by atoms with Crippen LogP contribution in [0.15, 0.2) is 18.2 Å². The van der Waals surface area contributed by atoms with Crippen molar-refractivity contribution >= 4 is 0 Å². The number of rotatable bonds is 5. The maximum atomic E-state index is 5.63. The molecule has 1 saturated heterocycles. The van der Waals surface area contributed by atoms with Gasteiger partial charge in [-0.3, -0.25) is 0 Å². The quantitative estimate of drug-likeness (QED) is 0.816. The van der Waals surface area contributed by atoms with Gasteiger partial charge in [0.05, 0.1) is 7.11 Å². The molecule has 1 aliphatic rings. The molecule has 1 unspecified atom stereocenters. The number of nitrogens with one attached hydrogen (secondary N) is 1. The van der Waals surface area contributed by atoms with E-state index >= 15 is 0 Å². The molecule has 130 valence electrons. The number of ether oxygens (including phenoxy) is 1. The van der Waals surface area contributed by atoms with Gasteiger partial charge in [0.2, 0.25) is 0 Å². The summed E-state index contributed by atoms with van der Waals surface area (Å²) in [5, 5.41) is 3.66. The Labute approximate surface area is 143 Å². The van der Waals surface area contributed by atoms with Crippen LogP contribution in [0, 0.1) is 5.41 Å². The van der Waals surface area contributed by atoms with Crippen LogP contribution in [-0.2, 0) is 11.8 Å². The Bertz CT molecular complexity index is 507. The largest absolute Gasteiger partial charge is 0.496 e. The predicted molar refractivity (Wildman–Crippen MR) is 99.4 cm³/mol. The molecule has 2 nitrogen and oxygen atoms in total. The van der Waals surface area contributed by atoms with Gasteiger partial charge in [0.25, 0.3) is 0 Å². The molecule has 0 spiro atoms. The lowest BCUT2D eigenvalue weighted by Crippen LogP contribution is -2.35. The van der Waals surface area contributed by atoms with Crippen molar-refractivity contribution < 1.29 is 4.74 Å². The van der Waals surface area contributed by atoms with Crippen molar-refractivity contribution in [2.45, 2.75) is 78.2 Å². The lowest BCUT2D eigenvalue weighted by Gasteiger charge is -2.33. The van der Waals surface area contributed by atoms with Crippen LogP contribution in [0.4, 0.5) is 0 Å². The maximum Gasteiger partial charge on any atom is 0.122 e. The van der Waals surface area contributed by atoms with E-state index in [2.05, 4.69) is 58.1 Å². The van der Waals surface area contributed by atoms with Crippen molar-refractivity contribution in [3.8, 4) is 5.75 Å². The highest BCUT2D eigenvalue weighted by atomic mass is 16.5. The fourth-order valence-electron chi connectivity index (χ4n) is 4.15. The molecule has 1 heterocycles. The summed E-state index contributed by atoms with van der Waals surface area (Å²) in [6.07, 6.45) is 6.18. The first-order chi connectivity index (χ1) is 10.7. The van der Waals surface area contributed by atoms with Gasteiger partial charge in [-0.15, -0.1) is 0 Å². The fraction of sp³-hybridized carbons (Fsp3) is 0.714. The summed E-state index contributed by atoms with van der Waals surface area (Å²) >= 11 is 0. The summed E-state index contributed by atoms with van der Waals surface area (Å²) < 4.78 is 5.63. The Balaban J connectivity index is 2.23. The van der Waals surface area contributed by atoms with Gasteiger partial charge >= 0.3 is 0 Å². The number of benzene rings is 1. The molecule has 0 aliphatic carbocycles. The van der Waals surface area contributed by atoms with Crippen molar-refractivity contribution in [1.82, 2.24) is 5.32 Å². The lowest BCUT2D eigenvalue weighted by atomic mass is 9.72. The summed E-state index contributed by atoms with van der Waals surface area (Å²) in [7, 11) is 1.78. The number of piperidine rings is 1. The van der Waals surface area contributed by atoms with Crippen LogP contribution in [0.1, 0.15) is 71.4 Å². The van der Waals surface area contributed by atoms with Crippen LogP contribution in [0.2, 0.25) is 0 Å². The zero-order chi connectivity index (χ0) is 17.1. The minimum absolute atomic E-state index is 0.180. The monoisotopic (exact) mass is 317 g/mol. The first kappa shape index (κ1) is 18.3. The summed E-state index contributed by atoms with van der Waals surface area (Å²) in [5.41, 5.74) is 3.29. The summed E-state index contributed by atoms with van der Waals surface area (Å²) in [6.45, 7) is 12.9. The van der Waals surface area contributed by atoms with Crippen LogP contribution in [-0.4, -0.2) is 19.7 Å². The molecule has 1 N–H and O–H groups in total. The molecule has 0 radical (unpaired) electrons. The second kappa shape index (κ2) is 7.25. The van der Waals surface area contributed by atoms with Crippen molar-refractivity contribution in [2.75, 3.05) is 13.7 Å². The standard InChI is InChI=1S/C21H35NO/c1-20(2,3)15-21(4,5)17-10-11-19(23-6)16(13-17)14-18-9-7-8-12-22-18/h10-11,13,18,22H,7-9,12,14-15H2,1-6H3. The van der Waals surface area contributed by atoms with Gasteiger partial charge in [-0.05, 0) is 60.3 Å².